The summed E-state index contributed by atoms with van der Waals surface area (Å²) in [7, 11) is 4.67. The van der Waals surface area contributed by atoms with Crippen LogP contribution in [0.5, 0.6) is 23.0 Å². The van der Waals surface area contributed by atoms with Crippen LogP contribution in [0.2, 0.25) is 0 Å². The highest BCUT2D eigenvalue weighted by Crippen LogP contribution is 2.39. The van der Waals surface area contributed by atoms with Crippen LogP contribution in [0.3, 0.4) is 0 Å². The summed E-state index contributed by atoms with van der Waals surface area (Å²) in [6.45, 7) is 0.268. The first-order valence-electron chi connectivity index (χ1n) is 9.45. The normalized spacial score (nSPS) is 12.7. The van der Waals surface area contributed by atoms with Crippen molar-refractivity contribution in [3.63, 3.8) is 0 Å². The van der Waals surface area contributed by atoms with Crippen molar-refractivity contribution in [3.8, 4) is 23.0 Å². The Bertz CT molecular complexity index is 834. The van der Waals surface area contributed by atoms with Crippen LogP contribution in [-0.4, -0.2) is 33.8 Å². The maximum Gasteiger partial charge on any atom is 0.258 e. The number of benzene rings is 2. The molecule has 150 valence electrons. The van der Waals surface area contributed by atoms with Crippen molar-refractivity contribution < 1.29 is 23.7 Å². The molecule has 0 saturated carbocycles. The molecule has 0 saturated heterocycles. The third-order valence-electron chi connectivity index (χ3n) is 4.95. The predicted molar refractivity (Wildman–Crippen MR) is 107 cm³/mol. The molecule has 0 unspecified atom stereocenters. The maximum atomic E-state index is 12.2. The fourth-order valence-corrected chi connectivity index (χ4v) is 3.50. The van der Waals surface area contributed by atoms with E-state index < -0.39 is 0 Å². The summed E-state index contributed by atoms with van der Waals surface area (Å²) in [5.41, 5.74) is 3.52. The SMILES string of the molecule is COc1ccc(CNC(=O)COc2ccc3c(c2)CCCC3)c(OC)c1OC. The number of hydrogen-bond donors (Lipinski definition) is 1. The van der Waals surface area contributed by atoms with Crippen LogP contribution >= 0.6 is 0 Å². The highest BCUT2D eigenvalue weighted by atomic mass is 16.5. The lowest BCUT2D eigenvalue weighted by atomic mass is 9.92. The van der Waals surface area contributed by atoms with E-state index in [2.05, 4.69) is 17.4 Å². The summed E-state index contributed by atoms with van der Waals surface area (Å²) in [4.78, 5) is 12.2. The van der Waals surface area contributed by atoms with E-state index in [1.54, 1.807) is 27.4 Å². The molecule has 1 N–H and O–H groups in total. The molecule has 2 aromatic rings. The number of carbonyl (C=O) groups excluding carboxylic acids is 1. The van der Waals surface area contributed by atoms with Gasteiger partial charge >= 0.3 is 0 Å². The van der Waals surface area contributed by atoms with E-state index in [1.165, 1.54) is 24.0 Å². The zero-order valence-corrected chi connectivity index (χ0v) is 16.7. The number of methoxy groups -OCH3 is 3. The lowest BCUT2D eigenvalue weighted by molar-refractivity contribution is -0.123. The second-order valence-electron chi connectivity index (χ2n) is 6.70. The second-order valence-corrected chi connectivity index (χ2v) is 6.70. The minimum atomic E-state index is -0.199. The van der Waals surface area contributed by atoms with Crippen molar-refractivity contribution in [3.05, 3.63) is 47.0 Å². The monoisotopic (exact) mass is 385 g/mol. The Morgan fingerprint density at radius 1 is 0.929 bits per heavy atom. The average molecular weight is 385 g/mol. The molecule has 0 aliphatic heterocycles. The van der Waals surface area contributed by atoms with Gasteiger partial charge in [-0.15, -0.1) is 0 Å². The van der Waals surface area contributed by atoms with Crippen molar-refractivity contribution in [2.45, 2.75) is 32.2 Å². The minimum absolute atomic E-state index is 0.0333. The van der Waals surface area contributed by atoms with E-state index in [0.717, 1.165) is 24.2 Å². The number of aryl methyl sites for hydroxylation is 2. The van der Waals surface area contributed by atoms with Crippen LogP contribution in [0, 0.1) is 0 Å². The quantitative estimate of drug-likeness (QED) is 0.755. The molecule has 6 nitrogen and oxygen atoms in total. The smallest absolute Gasteiger partial charge is 0.258 e. The van der Waals surface area contributed by atoms with Crippen molar-refractivity contribution in [1.82, 2.24) is 5.32 Å². The van der Waals surface area contributed by atoms with E-state index in [1.807, 2.05) is 12.1 Å². The number of hydrogen-bond acceptors (Lipinski definition) is 5. The molecule has 0 aromatic heterocycles. The van der Waals surface area contributed by atoms with Gasteiger partial charge in [0, 0.05) is 12.1 Å². The summed E-state index contributed by atoms with van der Waals surface area (Å²) in [6, 6.07) is 9.72. The zero-order chi connectivity index (χ0) is 19.9. The van der Waals surface area contributed by atoms with Gasteiger partial charge in [0.2, 0.25) is 5.75 Å². The third-order valence-corrected chi connectivity index (χ3v) is 4.95. The summed E-state index contributed by atoms with van der Waals surface area (Å²) in [5.74, 6) is 2.15. The van der Waals surface area contributed by atoms with Gasteiger partial charge in [0.05, 0.1) is 21.3 Å². The van der Waals surface area contributed by atoms with Crippen LogP contribution in [0.1, 0.15) is 29.5 Å². The van der Waals surface area contributed by atoms with Crippen molar-refractivity contribution in [1.29, 1.82) is 0 Å². The first-order valence-corrected chi connectivity index (χ1v) is 9.45. The van der Waals surface area contributed by atoms with Crippen LogP contribution in [-0.2, 0) is 24.2 Å². The average Bonchev–Trinajstić information content (AvgIpc) is 2.75. The predicted octanol–water partition coefficient (Wildman–Crippen LogP) is 3.29. The third kappa shape index (κ3) is 4.50. The lowest BCUT2D eigenvalue weighted by Crippen LogP contribution is -2.28. The second kappa shape index (κ2) is 9.35. The molecule has 6 heteroatoms. The minimum Gasteiger partial charge on any atom is -0.493 e. The molecule has 3 rings (SSSR count). The highest BCUT2D eigenvalue weighted by molar-refractivity contribution is 5.77. The molecule has 1 aliphatic rings. The standard InChI is InChI=1S/C22H27NO5/c1-25-19-11-9-17(21(26-2)22(19)27-3)13-23-20(24)14-28-18-10-8-15-6-4-5-7-16(15)12-18/h8-12H,4-7,13-14H2,1-3H3,(H,23,24). The van der Waals surface area contributed by atoms with Gasteiger partial charge in [-0.2, -0.15) is 0 Å². The molecule has 1 amide bonds. The van der Waals surface area contributed by atoms with Gasteiger partial charge in [0.15, 0.2) is 18.1 Å². The molecule has 0 fully saturated rings. The number of fused-ring (bicyclic) bond motifs is 1. The Hall–Kier alpha value is -2.89. The fraction of sp³-hybridized carbons (Fsp3) is 0.409. The number of rotatable bonds is 8. The van der Waals surface area contributed by atoms with E-state index in [4.69, 9.17) is 18.9 Å². The van der Waals surface area contributed by atoms with Crippen LogP contribution < -0.4 is 24.3 Å². The number of carbonyl (C=O) groups is 1. The first kappa shape index (κ1) is 19.9. The van der Waals surface area contributed by atoms with E-state index in [9.17, 15) is 4.79 Å². The van der Waals surface area contributed by atoms with Crippen molar-refractivity contribution >= 4 is 5.91 Å². The van der Waals surface area contributed by atoms with Crippen LogP contribution in [0.4, 0.5) is 0 Å². The number of amides is 1. The zero-order valence-electron chi connectivity index (χ0n) is 16.7. The number of ether oxygens (including phenoxy) is 4. The van der Waals surface area contributed by atoms with Gasteiger partial charge in [-0.05, 0) is 61.1 Å². The summed E-state index contributed by atoms with van der Waals surface area (Å²) < 4.78 is 21.8. The molecular formula is C22H27NO5. The summed E-state index contributed by atoms with van der Waals surface area (Å²) in [5, 5.41) is 2.85. The highest BCUT2D eigenvalue weighted by Gasteiger charge is 2.16. The molecule has 0 spiro atoms. The first-order chi connectivity index (χ1) is 13.7. The molecule has 1 aliphatic carbocycles. The fourth-order valence-electron chi connectivity index (χ4n) is 3.50. The van der Waals surface area contributed by atoms with Crippen LogP contribution in [0.25, 0.3) is 0 Å². The van der Waals surface area contributed by atoms with Gasteiger partial charge in [-0.1, -0.05) is 6.07 Å². The van der Waals surface area contributed by atoms with E-state index >= 15 is 0 Å². The Morgan fingerprint density at radius 2 is 1.68 bits per heavy atom. The lowest BCUT2D eigenvalue weighted by Gasteiger charge is -2.17. The van der Waals surface area contributed by atoms with Crippen molar-refractivity contribution in [2.75, 3.05) is 27.9 Å². The van der Waals surface area contributed by atoms with Gasteiger partial charge in [0.25, 0.3) is 5.91 Å². The van der Waals surface area contributed by atoms with Crippen LogP contribution in [0.15, 0.2) is 30.3 Å². The van der Waals surface area contributed by atoms with E-state index in [0.29, 0.717) is 23.8 Å². The molecule has 2 aromatic carbocycles. The summed E-state index contributed by atoms with van der Waals surface area (Å²) >= 11 is 0. The molecule has 0 atom stereocenters. The van der Waals surface area contributed by atoms with Gasteiger partial charge in [-0.25, -0.2) is 0 Å². The molecule has 0 bridgehead atoms. The maximum absolute atomic E-state index is 12.2. The molecular weight excluding hydrogens is 358 g/mol. The Kier molecular flexibility index (Phi) is 6.63. The van der Waals surface area contributed by atoms with Gasteiger partial charge in [-0.3, -0.25) is 4.79 Å². The van der Waals surface area contributed by atoms with Crippen molar-refractivity contribution in [2.24, 2.45) is 0 Å². The Labute approximate surface area is 165 Å². The number of nitrogens with one attached hydrogen (secondary N) is 1. The largest absolute Gasteiger partial charge is 0.493 e. The Balaban J connectivity index is 1.57. The van der Waals surface area contributed by atoms with Gasteiger partial charge in [0.1, 0.15) is 5.75 Å². The molecule has 0 heterocycles. The topological polar surface area (TPSA) is 66.0 Å². The summed E-state index contributed by atoms with van der Waals surface area (Å²) in [6.07, 6.45) is 4.67. The van der Waals surface area contributed by atoms with Gasteiger partial charge < -0.3 is 24.3 Å². The molecule has 0 radical (unpaired) electrons. The Morgan fingerprint density at radius 3 is 2.39 bits per heavy atom. The molecule has 28 heavy (non-hydrogen) atoms. The van der Waals surface area contributed by atoms with E-state index in [-0.39, 0.29) is 12.5 Å².